The normalized spacial score (nSPS) is 9.76. The topological polar surface area (TPSA) is 34.1 Å². The largest absolute Gasteiger partial charge is 0.294 e. The molecule has 0 bridgehead atoms. The fraction of sp³-hybridized carbons (Fsp3) is 0.404. The van der Waals surface area contributed by atoms with Gasteiger partial charge in [-0.3, -0.25) is 9.59 Å². The molecule has 49 heavy (non-hydrogen) atoms. The fourth-order valence-electron chi connectivity index (χ4n) is 4.74. The first-order valence-corrected chi connectivity index (χ1v) is 17.6. The van der Waals surface area contributed by atoms with Crippen molar-refractivity contribution in [3.8, 4) is 0 Å². The van der Waals surface area contributed by atoms with E-state index in [0.29, 0.717) is 16.5 Å². The molecule has 3 aromatic carbocycles. The van der Waals surface area contributed by atoms with Gasteiger partial charge in [0.15, 0.2) is 11.6 Å². The first-order valence-electron chi connectivity index (χ1n) is 17.6. The second-order valence-electron chi connectivity index (χ2n) is 13.8. The monoisotopic (exact) mass is 667 g/mol. The molecule has 3 aromatic rings. The number of carbonyl (C=O) groups is 2. The van der Waals surface area contributed by atoms with Crippen LogP contribution >= 0.6 is 0 Å². The average molecular weight is 667 g/mol. The lowest BCUT2D eigenvalue weighted by atomic mass is 9.72. The number of Topliss-reactive ketones (excluding diaryl/α,β-unsaturated/α-hetero) is 2. The number of aryl methyl sites for hydroxylation is 2. The van der Waals surface area contributed by atoms with Gasteiger partial charge >= 0.3 is 0 Å². The summed E-state index contributed by atoms with van der Waals surface area (Å²) in [5.41, 5.74) is 8.93. The second kappa shape index (κ2) is 26.9. The van der Waals surface area contributed by atoms with Crippen molar-refractivity contribution >= 4 is 17.1 Å². The van der Waals surface area contributed by atoms with Gasteiger partial charge in [-0.15, -0.1) is 13.2 Å². The molecule has 0 aliphatic rings. The summed E-state index contributed by atoms with van der Waals surface area (Å²) in [4.78, 5) is 22.0. The molecule has 0 unspecified atom stereocenters. The molecule has 0 amide bonds. The second-order valence-corrected chi connectivity index (χ2v) is 13.8. The molecule has 3 rings (SSSR count). The van der Waals surface area contributed by atoms with Crippen LogP contribution < -0.4 is 0 Å². The maximum Gasteiger partial charge on any atom is 0.160 e. The lowest BCUT2D eigenvalue weighted by molar-refractivity contribution is 0.0981. The summed E-state index contributed by atoms with van der Waals surface area (Å²) in [6.45, 7) is 43.5. The molecule has 2 nitrogen and oxygen atoms in total. The molecule has 0 N–H and O–H groups in total. The highest BCUT2D eigenvalue weighted by molar-refractivity contribution is 6.07. The van der Waals surface area contributed by atoms with Crippen molar-refractivity contribution in [3.05, 3.63) is 150 Å². The van der Waals surface area contributed by atoms with E-state index in [1.54, 1.807) is 30.3 Å². The number of rotatable bonds is 8. The Balaban J connectivity index is -0.000000573. The molecule has 0 aliphatic carbocycles. The Morgan fingerprint density at radius 3 is 1.33 bits per heavy atom. The summed E-state index contributed by atoms with van der Waals surface area (Å²) in [5, 5.41) is 0. The Hall–Kier alpha value is -4.04. The Morgan fingerprint density at radius 1 is 0.694 bits per heavy atom. The Morgan fingerprint density at radius 2 is 1.06 bits per heavy atom. The van der Waals surface area contributed by atoms with Crippen LogP contribution in [0.25, 0.3) is 5.57 Å². The molecule has 270 valence electrons. The van der Waals surface area contributed by atoms with Crippen LogP contribution in [0.5, 0.6) is 0 Å². The Bertz CT molecular complexity index is 1360. The highest BCUT2D eigenvalue weighted by Gasteiger charge is 2.26. The third-order valence-electron chi connectivity index (χ3n) is 6.90. The van der Waals surface area contributed by atoms with E-state index in [4.69, 9.17) is 0 Å². The smallest absolute Gasteiger partial charge is 0.160 e. The summed E-state index contributed by atoms with van der Waals surface area (Å²) >= 11 is 0. The maximum atomic E-state index is 11.0. The van der Waals surface area contributed by atoms with E-state index in [9.17, 15) is 9.59 Å². The zero-order chi connectivity index (χ0) is 38.8. The third-order valence-corrected chi connectivity index (χ3v) is 6.90. The number of hydrogen-bond donors (Lipinski definition) is 0. The van der Waals surface area contributed by atoms with Crippen LogP contribution in [0.15, 0.2) is 117 Å². The molecule has 0 fully saturated rings. The molecule has 2 heteroatoms. The number of unbranched alkanes of at least 4 members (excludes halogenated alkanes) is 1. The van der Waals surface area contributed by atoms with Gasteiger partial charge in [-0.2, -0.15) is 0 Å². The van der Waals surface area contributed by atoms with Crippen LogP contribution in [0.3, 0.4) is 0 Å². The van der Waals surface area contributed by atoms with Gasteiger partial charge in [0.2, 0.25) is 0 Å². The van der Waals surface area contributed by atoms with Crippen molar-refractivity contribution in [3.63, 3.8) is 0 Å². The third kappa shape index (κ3) is 23.9. The van der Waals surface area contributed by atoms with E-state index in [1.165, 1.54) is 43.4 Å². The van der Waals surface area contributed by atoms with Crippen LogP contribution in [0, 0.1) is 19.3 Å². The number of benzene rings is 3. The molecule has 0 saturated heterocycles. The van der Waals surface area contributed by atoms with Gasteiger partial charge < -0.3 is 0 Å². The molecule has 0 spiro atoms. The van der Waals surface area contributed by atoms with Gasteiger partial charge in [0.25, 0.3) is 0 Å². The van der Waals surface area contributed by atoms with E-state index < -0.39 is 0 Å². The molecule has 0 aliphatic heterocycles. The van der Waals surface area contributed by atoms with Gasteiger partial charge in [-0.25, -0.2) is 0 Å². The van der Waals surface area contributed by atoms with Gasteiger partial charge in [0.05, 0.1) is 0 Å². The quantitative estimate of drug-likeness (QED) is 0.136. The lowest BCUT2D eigenvalue weighted by Gasteiger charge is -2.33. The van der Waals surface area contributed by atoms with Crippen LogP contribution in [0.2, 0.25) is 0 Å². The molecule has 0 atom stereocenters. The average Bonchev–Trinajstić information content (AvgIpc) is 3.03. The molecular weight excluding hydrogens is 597 g/mol. The lowest BCUT2D eigenvalue weighted by Crippen LogP contribution is -2.24. The molecule has 0 aromatic heterocycles. The number of allylic oxidation sites excluding steroid dienone is 4. The van der Waals surface area contributed by atoms with Crippen molar-refractivity contribution in [1.29, 1.82) is 0 Å². The van der Waals surface area contributed by atoms with Crippen LogP contribution in [0.4, 0.5) is 0 Å². The Kier molecular flexibility index (Phi) is 27.1. The minimum atomic E-state index is -0.0687. The number of carbonyl (C=O) groups excluding carboxylic acids is 2. The zero-order valence-corrected chi connectivity index (χ0v) is 33.8. The number of ketones is 2. The van der Waals surface area contributed by atoms with Gasteiger partial charge in [-0.1, -0.05) is 177 Å². The summed E-state index contributed by atoms with van der Waals surface area (Å²) < 4.78 is 0. The van der Waals surface area contributed by atoms with Crippen LogP contribution in [0.1, 0.15) is 145 Å². The van der Waals surface area contributed by atoms with Gasteiger partial charge in [0, 0.05) is 11.1 Å². The van der Waals surface area contributed by atoms with E-state index in [1.807, 2.05) is 33.8 Å². The number of hydrogen-bond acceptors (Lipinski definition) is 2. The Labute approximate surface area is 303 Å². The maximum absolute atomic E-state index is 11.0. The summed E-state index contributed by atoms with van der Waals surface area (Å²) in [7, 11) is 0. The van der Waals surface area contributed by atoms with E-state index in [-0.39, 0.29) is 17.0 Å². The molecule has 0 heterocycles. The fourth-order valence-corrected chi connectivity index (χ4v) is 4.74. The van der Waals surface area contributed by atoms with E-state index in [0.717, 1.165) is 23.1 Å². The van der Waals surface area contributed by atoms with Gasteiger partial charge in [0.1, 0.15) is 0 Å². The minimum Gasteiger partial charge on any atom is -0.294 e. The SMILES string of the molecule is C=C(C)C(=C)c1ccc(C)cc1.C=CC.C=CCCC.CC.CC(=O)c1ccccc1C(C)=O.Cc1ccc(C(C)(C)CC(C)(C)C)cc1. The predicted molar refractivity (Wildman–Crippen MR) is 222 cm³/mol. The van der Waals surface area contributed by atoms with E-state index in [2.05, 4.69) is 130 Å². The van der Waals surface area contributed by atoms with E-state index >= 15 is 0 Å². The molecule has 0 radical (unpaired) electrons. The molecule has 0 saturated carbocycles. The summed E-state index contributed by atoms with van der Waals surface area (Å²) in [6, 6.07) is 24.1. The van der Waals surface area contributed by atoms with Crippen LogP contribution in [-0.2, 0) is 5.41 Å². The molecular formula is C47H70O2. The van der Waals surface area contributed by atoms with Crippen molar-refractivity contribution in [2.24, 2.45) is 5.41 Å². The van der Waals surface area contributed by atoms with Crippen LogP contribution in [-0.4, -0.2) is 11.6 Å². The van der Waals surface area contributed by atoms with Crippen molar-refractivity contribution in [1.82, 2.24) is 0 Å². The van der Waals surface area contributed by atoms with Crippen molar-refractivity contribution in [2.75, 3.05) is 0 Å². The summed E-state index contributed by atoms with van der Waals surface area (Å²) in [5.74, 6) is -0.137. The highest BCUT2D eigenvalue weighted by atomic mass is 16.1. The predicted octanol–water partition coefficient (Wildman–Crippen LogP) is 14.6. The first kappa shape index (κ1) is 49.3. The standard InChI is InChI=1S/C15H24.C12H14.C10H10O2.C5H10.C3H6.C2H6/c1-12-7-9-13(10-8-12)15(5,6)11-14(2,3)4;1-9(2)11(4)12-7-5-10(3)6-8-12;1-7(11)9-5-3-4-6-10(9)8(2)12;1-3-5-4-2;1-3-2;1-2/h7-10H,11H2,1-6H3;5-8H,1,4H2,2-3H3;3-6H,1-2H3;3H,1,4-5H2,2H3;3H,1H2,2H3;1-2H3. The van der Waals surface area contributed by atoms with Crippen molar-refractivity contribution in [2.45, 2.75) is 122 Å². The first-order chi connectivity index (χ1) is 22.8. The minimum absolute atomic E-state index is 0.0687. The highest BCUT2D eigenvalue weighted by Crippen LogP contribution is 2.36. The zero-order valence-electron chi connectivity index (χ0n) is 33.8. The summed E-state index contributed by atoms with van der Waals surface area (Å²) in [6.07, 6.45) is 7.27. The van der Waals surface area contributed by atoms with Crippen molar-refractivity contribution < 1.29 is 9.59 Å². The van der Waals surface area contributed by atoms with Gasteiger partial charge in [-0.05, 0) is 81.9 Å².